The van der Waals surface area contributed by atoms with Crippen molar-refractivity contribution in [3.63, 3.8) is 0 Å². The predicted molar refractivity (Wildman–Crippen MR) is 80.0 cm³/mol. The van der Waals surface area contributed by atoms with Crippen LogP contribution in [-0.2, 0) is 0 Å². The first-order valence-corrected chi connectivity index (χ1v) is 6.26. The van der Waals surface area contributed by atoms with Crippen LogP contribution in [0.2, 0.25) is 0 Å². The Labute approximate surface area is 117 Å². The van der Waals surface area contributed by atoms with Gasteiger partial charge in [-0.25, -0.2) is 0 Å². The van der Waals surface area contributed by atoms with E-state index in [0.29, 0.717) is 22.5 Å². The number of hydrogen-bond acceptors (Lipinski definition) is 3. The number of nitrogen functional groups attached to an aromatic ring is 1. The van der Waals surface area contributed by atoms with Crippen LogP contribution in [0.4, 0.5) is 11.4 Å². The Hall–Kier alpha value is -2.62. The summed E-state index contributed by atoms with van der Waals surface area (Å²) in [4.78, 5) is 23.2. The Morgan fingerprint density at radius 2 is 1.60 bits per heavy atom. The molecule has 20 heavy (non-hydrogen) atoms. The number of rotatable bonds is 3. The first-order chi connectivity index (χ1) is 9.47. The van der Waals surface area contributed by atoms with E-state index < -0.39 is 0 Å². The summed E-state index contributed by atoms with van der Waals surface area (Å²) < 4.78 is 0. The van der Waals surface area contributed by atoms with Crippen molar-refractivity contribution in [1.29, 1.82) is 0 Å². The average Bonchev–Trinajstić information content (AvgIpc) is 2.42. The molecule has 0 radical (unpaired) electrons. The molecular formula is C16H16N2O2. The van der Waals surface area contributed by atoms with Gasteiger partial charge >= 0.3 is 0 Å². The molecule has 0 aromatic heterocycles. The number of aryl methyl sites for hydroxylation is 1. The molecule has 0 saturated carbocycles. The van der Waals surface area contributed by atoms with Gasteiger partial charge in [-0.3, -0.25) is 9.59 Å². The van der Waals surface area contributed by atoms with Gasteiger partial charge in [0.05, 0.1) is 0 Å². The van der Waals surface area contributed by atoms with Gasteiger partial charge in [-0.05, 0) is 61.9 Å². The van der Waals surface area contributed by atoms with Gasteiger partial charge in [-0.2, -0.15) is 0 Å². The Bertz CT molecular complexity index is 661. The van der Waals surface area contributed by atoms with Gasteiger partial charge in [0, 0.05) is 22.5 Å². The Morgan fingerprint density at radius 1 is 1.00 bits per heavy atom. The second-order valence-corrected chi connectivity index (χ2v) is 4.66. The molecule has 0 bridgehead atoms. The smallest absolute Gasteiger partial charge is 0.255 e. The van der Waals surface area contributed by atoms with Crippen molar-refractivity contribution in [2.45, 2.75) is 13.8 Å². The van der Waals surface area contributed by atoms with E-state index >= 15 is 0 Å². The van der Waals surface area contributed by atoms with Gasteiger partial charge in [0.25, 0.3) is 5.91 Å². The van der Waals surface area contributed by atoms with E-state index in [2.05, 4.69) is 5.32 Å². The second kappa shape index (κ2) is 5.57. The molecular weight excluding hydrogens is 252 g/mol. The third-order valence-electron chi connectivity index (χ3n) is 3.08. The quantitative estimate of drug-likeness (QED) is 0.664. The molecule has 0 atom stereocenters. The molecule has 3 N–H and O–H groups in total. The van der Waals surface area contributed by atoms with Gasteiger partial charge in [0.1, 0.15) is 0 Å². The number of carbonyl (C=O) groups excluding carboxylic acids is 2. The number of benzene rings is 2. The fourth-order valence-electron chi connectivity index (χ4n) is 1.81. The van der Waals surface area contributed by atoms with Crippen LogP contribution in [0.5, 0.6) is 0 Å². The summed E-state index contributed by atoms with van der Waals surface area (Å²) in [5.41, 5.74) is 9.06. The zero-order chi connectivity index (χ0) is 14.7. The summed E-state index contributed by atoms with van der Waals surface area (Å²) in [7, 11) is 0. The van der Waals surface area contributed by atoms with Crippen molar-refractivity contribution in [3.8, 4) is 0 Å². The number of Topliss-reactive ketones (excluding diaryl/α,β-unsaturated/α-hetero) is 1. The molecule has 0 fully saturated rings. The number of amides is 1. The number of anilines is 2. The molecule has 0 aliphatic heterocycles. The molecule has 2 aromatic carbocycles. The molecule has 2 aromatic rings. The largest absolute Gasteiger partial charge is 0.399 e. The van der Waals surface area contributed by atoms with E-state index in [1.807, 2.05) is 6.92 Å². The normalized spacial score (nSPS) is 10.1. The van der Waals surface area contributed by atoms with E-state index in [1.165, 1.54) is 6.92 Å². The molecule has 0 aliphatic rings. The van der Waals surface area contributed by atoms with Crippen LogP contribution >= 0.6 is 0 Å². The molecule has 0 unspecified atom stereocenters. The van der Waals surface area contributed by atoms with Crippen molar-refractivity contribution >= 4 is 23.1 Å². The maximum Gasteiger partial charge on any atom is 0.255 e. The van der Waals surface area contributed by atoms with Crippen LogP contribution in [0, 0.1) is 6.92 Å². The van der Waals surface area contributed by atoms with Crippen LogP contribution in [0.15, 0.2) is 42.5 Å². The van der Waals surface area contributed by atoms with Crippen molar-refractivity contribution < 1.29 is 9.59 Å². The lowest BCUT2D eigenvalue weighted by atomic mass is 10.1. The lowest BCUT2D eigenvalue weighted by Gasteiger charge is -2.07. The topological polar surface area (TPSA) is 72.2 Å². The molecule has 0 saturated heterocycles. The fourth-order valence-corrected chi connectivity index (χ4v) is 1.81. The van der Waals surface area contributed by atoms with Crippen LogP contribution in [0.25, 0.3) is 0 Å². The van der Waals surface area contributed by atoms with E-state index in [0.717, 1.165) is 5.56 Å². The van der Waals surface area contributed by atoms with Crippen LogP contribution in [0.1, 0.15) is 33.2 Å². The van der Waals surface area contributed by atoms with E-state index in [9.17, 15) is 9.59 Å². The third-order valence-corrected chi connectivity index (χ3v) is 3.08. The fraction of sp³-hybridized carbons (Fsp3) is 0.125. The standard InChI is InChI=1S/C16H16N2O2/c1-10-9-13(5-8-15(10)17)16(20)18-14-6-3-12(4-7-14)11(2)19/h3-9H,17H2,1-2H3,(H,18,20). The summed E-state index contributed by atoms with van der Waals surface area (Å²) in [5.74, 6) is -0.208. The number of carbonyl (C=O) groups is 2. The van der Waals surface area contributed by atoms with Crippen molar-refractivity contribution in [2.24, 2.45) is 0 Å². The maximum atomic E-state index is 12.1. The zero-order valence-corrected chi connectivity index (χ0v) is 11.4. The monoisotopic (exact) mass is 268 g/mol. The Morgan fingerprint density at radius 3 is 2.15 bits per heavy atom. The van der Waals surface area contributed by atoms with Gasteiger partial charge in [0.15, 0.2) is 5.78 Å². The highest BCUT2D eigenvalue weighted by Gasteiger charge is 2.07. The van der Waals surface area contributed by atoms with Gasteiger partial charge in [-0.1, -0.05) is 0 Å². The van der Waals surface area contributed by atoms with Gasteiger partial charge in [-0.15, -0.1) is 0 Å². The first kappa shape index (κ1) is 13.8. The van der Waals surface area contributed by atoms with Crippen LogP contribution in [0.3, 0.4) is 0 Å². The van der Waals surface area contributed by atoms with E-state index in [-0.39, 0.29) is 11.7 Å². The third kappa shape index (κ3) is 3.03. The predicted octanol–water partition coefficient (Wildman–Crippen LogP) is 3.03. The van der Waals surface area contributed by atoms with E-state index in [1.54, 1.807) is 42.5 Å². The summed E-state index contributed by atoms with van der Waals surface area (Å²) in [5, 5.41) is 2.78. The molecule has 0 heterocycles. The van der Waals surface area contributed by atoms with Gasteiger partial charge < -0.3 is 11.1 Å². The molecule has 1 amide bonds. The highest BCUT2D eigenvalue weighted by atomic mass is 16.1. The maximum absolute atomic E-state index is 12.1. The van der Waals surface area contributed by atoms with Crippen molar-refractivity contribution in [3.05, 3.63) is 59.2 Å². The molecule has 4 heteroatoms. The SMILES string of the molecule is CC(=O)c1ccc(NC(=O)c2ccc(N)c(C)c2)cc1. The lowest BCUT2D eigenvalue weighted by Crippen LogP contribution is -2.12. The zero-order valence-electron chi connectivity index (χ0n) is 11.4. The molecule has 0 spiro atoms. The average molecular weight is 268 g/mol. The Kier molecular flexibility index (Phi) is 3.84. The van der Waals surface area contributed by atoms with Gasteiger partial charge in [0.2, 0.25) is 0 Å². The number of ketones is 1. The minimum absolute atomic E-state index is 0.00274. The number of hydrogen-bond donors (Lipinski definition) is 2. The summed E-state index contributed by atoms with van der Waals surface area (Å²) in [6.07, 6.45) is 0. The van der Waals surface area contributed by atoms with Crippen LogP contribution < -0.4 is 11.1 Å². The minimum atomic E-state index is -0.205. The summed E-state index contributed by atoms with van der Waals surface area (Å²) in [6, 6.07) is 11.9. The first-order valence-electron chi connectivity index (χ1n) is 6.26. The minimum Gasteiger partial charge on any atom is -0.399 e. The molecule has 2 rings (SSSR count). The number of nitrogens with one attached hydrogen (secondary N) is 1. The highest BCUT2D eigenvalue weighted by molar-refractivity contribution is 6.05. The Balaban J connectivity index is 2.14. The molecule has 0 aliphatic carbocycles. The number of nitrogens with two attached hydrogens (primary N) is 1. The summed E-state index contributed by atoms with van der Waals surface area (Å²) in [6.45, 7) is 3.36. The highest BCUT2D eigenvalue weighted by Crippen LogP contribution is 2.15. The molecule has 4 nitrogen and oxygen atoms in total. The van der Waals surface area contributed by atoms with E-state index in [4.69, 9.17) is 5.73 Å². The van der Waals surface area contributed by atoms with Crippen molar-refractivity contribution in [2.75, 3.05) is 11.1 Å². The van der Waals surface area contributed by atoms with Crippen LogP contribution in [-0.4, -0.2) is 11.7 Å². The van der Waals surface area contributed by atoms with Crippen molar-refractivity contribution in [1.82, 2.24) is 0 Å². The second-order valence-electron chi connectivity index (χ2n) is 4.66. The summed E-state index contributed by atoms with van der Waals surface area (Å²) >= 11 is 0. The molecule has 102 valence electrons. The lowest BCUT2D eigenvalue weighted by molar-refractivity contribution is 0.101.